The lowest BCUT2D eigenvalue weighted by atomic mass is 10.2. The van der Waals surface area contributed by atoms with E-state index >= 15 is 0 Å². The third-order valence-corrected chi connectivity index (χ3v) is 4.50. The van der Waals surface area contributed by atoms with Crippen LogP contribution in [0.2, 0.25) is 0 Å². The minimum absolute atomic E-state index is 0. The molecule has 0 amide bonds. The molecule has 1 aromatic rings. The maximum atomic E-state index is 6.08. The lowest BCUT2D eigenvalue weighted by molar-refractivity contribution is 0.200. The number of benzene rings is 1. The Kier molecular flexibility index (Phi) is 10.0. The lowest BCUT2D eigenvalue weighted by Gasteiger charge is -2.18. The highest BCUT2D eigenvalue weighted by molar-refractivity contribution is 14.0. The van der Waals surface area contributed by atoms with Gasteiger partial charge in [-0.15, -0.1) is 24.0 Å². The fraction of sp³-hybridized carbons (Fsp3) is 0.632. The Morgan fingerprint density at radius 2 is 2.00 bits per heavy atom. The lowest BCUT2D eigenvalue weighted by Crippen LogP contribution is -2.41. The molecule has 1 aliphatic carbocycles. The Balaban J connectivity index is 0.00000312. The van der Waals surface area contributed by atoms with E-state index in [0.717, 1.165) is 42.3 Å². The van der Waals surface area contributed by atoms with E-state index in [1.807, 2.05) is 12.1 Å². The molecule has 1 atom stereocenters. The minimum atomic E-state index is 0. The Morgan fingerprint density at radius 1 is 1.28 bits per heavy atom. The molecule has 1 fully saturated rings. The fourth-order valence-electron chi connectivity index (χ4n) is 2.82. The number of ether oxygens (including phenoxy) is 2. The van der Waals surface area contributed by atoms with Crippen LogP contribution < -0.4 is 20.1 Å². The highest BCUT2D eigenvalue weighted by atomic mass is 127. The Bertz CT molecular complexity index is 545. The molecule has 2 N–H and O–H groups in total. The number of nitrogens with zero attached hydrogens (tertiary/aromatic N) is 1. The maximum absolute atomic E-state index is 6.08. The number of hydrogen-bond acceptors (Lipinski definition) is 3. The first kappa shape index (κ1) is 21.9. The number of aliphatic imine (C=N–C) groups is 1. The van der Waals surface area contributed by atoms with E-state index in [9.17, 15) is 0 Å². The zero-order valence-corrected chi connectivity index (χ0v) is 18.1. The van der Waals surface area contributed by atoms with Crippen LogP contribution >= 0.6 is 24.0 Å². The van der Waals surface area contributed by atoms with Crippen LogP contribution in [-0.4, -0.2) is 32.3 Å². The van der Waals surface area contributed by atoms with Crippen LogP contribution in [0.3, 0.4) is 0 Å². The van der Waals surface area contributed by atoms with Crippen molar-refractivity contribution in [2.75, 3.05) is 14.2 Å². The number of guanidine groups is 1. The van der Waals surface area contributed by atoms with Gasteiger partial charge in [0.25, 0.3) is 0 Å². The Hall–Kier alpha value is -1.18. The number of hydrogen-bond donors (Lipinski definition) is 2. The number of nitrogens with one attached hydrogen (secondary N) is 2. The smallest absolute Gasteiger partial charge is 0.191 e. The first-order valence-corrected chi connectivity index (χ1v) is 8.97. The molecule has 0 saturated heterocycles. The summed E-state index contributed by atoms with van der Waals surface area (Å²) in [5.41, 5.74) is 1.14. The highest BCUT2D eigenvalue weighted by Gasteiger charge is 2.18. The summed E-state index contributed by atoms with van der Waals surface area (Å²) in [6.45, 7) is 4.99. The van der Waals surface area contributed by atoms with Gasteiger partial charge in [-0.2, -0.15) is 0 Å². The molecule has 1 aromatic carbocycles. The molecule has 1 saturated carbocycles. The third kappa shape index (κ3) is 6.92. The van der Waals surface area contributed by atoms with E-state index in [1.54, 1.807) is 14.2 Å². The summed E-state index contributed by atoms with van der Waals surface area (Å²) >= 11 is 0. The molecule has 0 bridgehead atoms. The van der Waals surface area contributed by atoms with Crippen LogP contribution in [0.1, 0.15) is 51.5 Å². The summed E-state index contributed by atoms with van der Waals surface area (Å²) in [4.78, 5) is 4.26. The van der Waals surface area contributed by atoms with Gasteiger partial charge in [-0.3, -0.25) is 4.99 Å². The molecule has 1 aliphatic rings. The molecule has 0 spiro atoms. The van der Waals surface area contributed by atoms with Gasteiger partial charge in [0.05, 0.1) is 13.2 Å². The molecule has 6 heteroatoms. The van der Waals surface area contributed by atoms with Crippen molar-refractivity contribution in [1.29, 1.82) is 0 Å². The summed E-state index contributed by atoms with van der Waals surface area (Å²) in [7, 11) is 3.48. The second-order valence-electron chi connectivity index (χ2n) is 6.39. The maximum Gasteiger partial charge on any atom is 0.191 e. The minimum Gasteiger partial charge on any atom is -0.493 e. The van der Waals surface area contributed by atoms with Crippen molar-refractivity contribution in [2.45, 2.75) is 64.6 Å². The van der Waals surface area contributed by atoms with E-state index in [4.69, 9.17) is 9.47 Å². The SMILES string of the molecule is CCC(C)NC(=NC)NCc1ccc(OC2CCCC2)c(OC)c1.I. The summed E-state index contributed by atoms with van der Waals surface area (Å²) < 4.78 is 11.6. The van der Waals surface area contributed by atoms with Gasteiger partial charge < -0.3 is 20.1 Å². The molecule has 5 nitrogen and oxygen atoms in total. The molecule has 0 radical (unpaired) electrons. The van der Waals surface area contributed by atoms with Crippen LogP contribution in [0.25, 0.3) is 0 Å². The summed E-state index contributed by atoms with van der Waals surface area (Å²) in [6.07, 6.45) is 6.20. The van der Waals surface area contributed by atoms with Crippen LogP contribution in [0.5, 0.6) is 11.5 Å². The second kappa shape index (κ2) is 11.4. The molecule has 0 aliphatic heterocycles. The van der Waals surface area contributed by atoms with E-state index in [1.165, 1.54) is 12.8 Å². The largest absolute Gasteiger partial charge is 0.493 e. The number of methoxy groups -OCH3 is 1. The van der Waals surface area contributed by atoms with E-state index in [0.29, 0.717) is 18.7 Å². The number of rotatable bonds is 7. The average molecular weight is 461 g/mol. The van der Waals surface area contributed by atoms with Gasteiger partial charge in [0.1, 0.15) is 0 Å². The topological polar surface area (TPSA) is 54.9 Å². The van der Waals surface area contributed by atoms with Crippen molar-refractivity contribution in [3.05, 3.63) is 23.8 Å². The van der Waals surface area contributed by atoms with Crippen molar-refractivity contribution in [3.8, 4) is 11.5 Å². The van der Waals surface area contributed by atoms with Crippen molar-refractivity contribution in [2.24, 2.45) is 4.99 Å². The standard InChI is InChI=1S/C19H31N3O2.HI/c1-5-14(2)22-19(20-3)21-13-15-10-11-17(18(12-15)23-4)24-16-8-6-7-9-16;/h10-12,14,16H,5-9,13H2,1-4H3,(H2,20,21,22);1H. The summed E-state index contributed by atoms with van der Waals surface area (Å²) in [5, 5.41) is 6.70. The normalized spacial score (nSPS) is 16.1. The zero-order chi connectivity index (χ0) is 17.4. The van der Waals surface area contributed by atoms with Crippen LogP contribution in [-0.2, 0) is 6.54 Å². The van der Waals surface area contributed by atoms with Crippen molar-refractivity contribution in [1.82, 2.24) is 10.6 Å². The monoisotopic (exact) mass is 461 g/mol. The molecule has 142 valence electrons. The average Bonchev–Trinajstić information content (AvgIpc) is 3.12. The molecule has 1 unspecified atom stereocenters. The second-order valence-corrected chi connectivity index (χ2v) is 6.39. The Labute approximate surface area is 169 Å². The molecule has 0 heterocycles. The highest BCUT2D eigenvalue weighted by Crippen LogP contribution is 2.32. The van der Waals surface area contributed by atoms with Crippen molar-refractivity contribution < 1.29 is 9.47 Å². The quantitative estimate of drug-likeness (QED) is 0.365. The summed E-state index contributed by atoms with van der Waals surface area (Å²) in [5.74, 6) is 2.45. The fourth-order valence-corrected chi connectivity index (χ4v) is 2.82. The molecule has 25 heavy (non-hydrogen) atoms. The predicted octanol–water partition coefficient (Wildman–Crippen LogP) is 4.10. The van der Waals surface area contributed by atoms with Gasteiger partial charge in [0.2, 0.25) is 0 Å². The van der Waals surface area contributed by atoms with Gasteiger partial charge in [0, 0.05) is 19.6 Å². The van der Waals surface area contributed by atoms with Crippen molar-refractivity contribution in [3.63, 3.8) is 0 Å². The third-order valence-electron chi connectivity index (χ3n) is 4.50. The van der Waals surface area contributed by atoms with Gasteiger partial charge >= 0.3 is 0 Å². The van der Waals surface area contributed by atoms with E-state index < -0.39 is 0 Å². The van der Waals surface area contributed by atoms with Crippen LogP contribution in [0, 0.1) is 0 Å². The molecular formula is C19H32IN3O2. The number of halogens is 1. The van der Waals surface area contributed by atoms with Crippen molar-refractivity contribution >= 4 is 29.9 Å². The first-order chi connectivity index (χ1) is 11.7. The van der Waals surface area contributed by atoms with Gasteiger partial charge in [-0.1, -0.05) is 13.0 Å². The van der Waals surface area contributed by atoms with Gasteiger partial charge in [-0.25, -0.2) is 0 Å². The van der Waals surface area contributed by atoms with Crippen LogP contribution in [0.4, 0.5) is 0 Å². The molecule has 2 rings (SSSR count). The van der Waals surface area contributed by atoms with E-state index in [2.05, 4.69) is 35.5 Å². The Morgan fingerprint density at radius 3 is 2.60 bits per heavy atom. The van der Waals surface area contributed by atoms with E-state index in [-0.39, 0.29) is 24.0 Å². The van der Waals surface area contributed by atoms with Gasteiger partial charge in [-0.05, 0) is 56.7 Å². The van der Waals surface area contributed by atoms with Crippen LogP contribution in [0.15, 0.2) is 23.2 Å². The van der Waals surface area contributed by atoms with Gasteiger partial charge in [0.15, 0.2) is 17.5 Å². The predicted molar refractivity (Wildman–Crippen MR) is 114 cm³/mol. The first-order valence-electron chi connectivity index (χ1n) is 8.97. The zero-order valence-electron chi connectivity index (χ0n) is 15.8. The molecular weight excluding hydrogens is 429 g/mol. The summed E-state index contributed by atoms with van der Waals surface area (Å²) in [6, 6.07) is 6.52. The molecule has 0 aromatic heterocycles.